The molecule has 0 aliphatic carbocycles. The Balaban J connectivity index is 2.68. The molecule has 0 amide bonds. The summed E-state index contributed by atoms with van der Waals surface area (Å²) < 4.78 is 5.85. The van der Waals surface area contributed by atoms with Gasteiger partial charge in [0, 0.05) is 13.7 Å². The summed E-state index contributed by atoms with van der Waals surface area (Å²) in [6.07, 6.45) is 2.18. The third kappa shape index (κ3) is 3.96. The smallest absolute Gasteiger partial charge is 0.140 e. The van der Waals surface area contributed by atoms with Gasteiger partial charge in [-0.1, -0.05) is 0 Å². The maximum absolute atomic E-state index is 8.91. The third-order valence-electron chi connectivity index (χ3n) is 2.05. The molecular weight excluding hydrogens is 274 g/mol. The Morgan fingerprint density at radius 1 is 1.69 bits per heavy atom. The number of nitrogen functional groups attached to an aromatic ring is 1. The number of halogens is 1. The average Bonchev–Trinajstić information content (AvgIpc) is 2.23. The van der Waals surface area contributed by atoms with Crippen LogP contribution in [0.4, 0.5) is 11.5 Å². The van der Waals surface area contributed by atoms with Crippen LogP contribution in [-0.4, -0.2) is 36.5 Å². The summed E-state index contributed by atoms with van der Waals surface area (Å²) in [5, 5.41) is 12.1. The van der Waals surface area contributed by atoms with E-state index in [0.29, 0.717) is 24.5 Å². The van der Waals surface area contributed by atoms with Crippen LogP contribution in [0.1, 0.15) is 6.42 Å². The lowest BCUT2D eigenvalue weighted by Crippen LogP contribution is -2.26. The van der Waals surface area contributed by atoms with E-state index >= 15 is 0 Å². The molecule has 0 spiro atoms. The third-order valence-corrected chi connectivity index (χ3v) is 2.65. The lowest BCUT2D eigenvalue weighted by atomic mass is 10.2. The van der Waals surface area contributed by atoms with Crippen LogP contribution in [0.25, 0.3) is 0 Å². The molecule has 0 radical (unpaired) electrons. The Hall–Kier alpha value is -0.850. The second kappa shape index (κ2) is 6.67. The number of aliphatic hydroxyl groups is 1. The number of aliphatic hydroxyl groups excluding tert-OH is 1. The number of nitrogens with one attached hydrogen (secondary N) is 1. The largest absolute Gasteiger partial charge is 0.397 e. The van der Waals surface area contributed by atoms with Crippen molar-refractivity contribution in [3.8, 4) is 0 Å². The molecule has 1 heterocycles. The molecule has 90 valence electrons. The van der Waals surface area contributed by atoms with Crippen LogP contribution < -0.4 is 11.1 Å². The first-order chi connectivity index (χ1) is 7.67. The van der Waals surface area contributed by atoms with Crippen LogP contribution in [-0.2, 0) is 4.74 Å². The minimum absolute atomic E-state index is 0.0300. The van der Waals surface area contributed by atoms with E-state index in [4.69, 9.17) is 15.6 Å². The zero-order valence-electron chi connectivity index (χ0n) is 9.11. The summed E-state index contributed by atoms with van der Waals surface area (Å²) >= 11 is 3.37. The van der Waals surface area contributed by atoms with Gasteiger partial charge < -0.3 is 20.9 Å². The first kappa shape index (κ1) is 13.2. The molecule has 0 saturated heterocycles. The van der Waals surface area contributed by atoms with Gasteiger partial charge in [-0.05, 0) is 28.4 Å². The van der Waals surface area contributed by atoms with Gasteiger partial charge >= 0.3 is 0 Å². The van der Waals surface area contributed by atoms with Gasteiger partial charge in [0.15, 0.2) is 0 Å². The topological polar surface area (TPSA) is 80.4 Å². The first-order valence-corrected chi connectivity index (χ1v) is 5.74. The van der Waals surface area contributed by atoms with Gasteiger partial charge in [0.25, 0.3) is 0 Å². The molecule has 1 aromatic rings. The molecule has 1 rings (SSSR count). The predicted octanol–water partition coefficient (Wildman–Crippen LogP) is 1.24. The Morgan fingerprint density at radius 3 is 3.00 bits per heavy atom. The number of nitrogens with zero attached hydrogens (tertiary/aromatic N) is 1. The van der Waals surface area contributed by atoms with Crippen LogP contribution in [0.3, 0.4) is 0 Å². The normalized spacial score (nSPS) is 12.4. The summed E-state index contributed by atoms with van der Waals surface area (Å²) in [6, 6.07) is 1.81. The minimum Gasteiger partial charge on any atom is -0.397 e. The second-order valence-corrected chi connectivity index (χ2v) is 4.26. The van der Waals surface area contributed by atoms with Gasteiger partial charge in [0.1, 0.15) is 5.82 Å². The summed E-state index contributed by atoms with van der Waals surface area (Å²) in [5.41, 5.74) is 6.19. The number of hydrogen-bond donors (Lipinski definition) is 3. The molecule has 0 aliphatic heterocycles. The fraction of sp³-hybridized carbons (Fsp3) is 0.500. The molecule has 16 heavy (non-hydrogen) atoms. The van der Waals surface area contributed by atoms with Crippen LogP contribution in [0.5, 0.6) is 0 Å². The molecule has 0 bridgehead atoms. The van der Waals surface area contributed by atoms with Gasteiger partial charge in [0.2, 0.25) is 0 Å². The van der Waals surface area contributed by atoms with Crippen molar-refractivity contribution in [1.82, 2.24) is 4.98 Å². The lowest BCUT2D eigenvalue weighted by Gasteiger charge is -2.18. The standard InChI is InChI=1S/C10H16BrN3O2/c1-16-6-8(2-3-15)14-10-9(11)4-7(12)5-13-10/h4-5,8,15H,2-3,6,12H2,1H3,(H,13,14). The van der Waals surface area contributed by atoms with E-state index in [2.05, 4.69) is 26.2 Å². The van der Waals surface area contributed by atoms with Crippen LogP contribution in [0.15, 0.2) is 16.7 Å². The zero-order valence-corrected chi connectivity index (χ0v) is 10.7. The van der Waals surface area contributed by atoms with Crippen molar-refractivity contribution in [2.45, 2.75) is 12.5 Å². The summed E-state index contributed by atoms with van der Waals surface area (Å²) in [4.78, 5) is 4.16. The Morgan fingerprint density at radius 2 is 2.44 bits per heavy atom. The lowest BCUT2D eigenvalue weighted by molar-refractivity contribution is 0.170. The fourth-order valence-electron chi connectivity index (χ4n) is 1.31. The molecule has 4 N–H and O–H groups in total. The molecule has 0 saturated carbocycles. The fourth-order valence-corrected chi connectivity index (χ4v) is 1.79. The number of ether oxygens (including phenoxy) is 1. The quantitative estimate of drug-likeness (QED) is 0.734. The Labute approximate surface area is 103 Å². The molecule has 6 heteroatoms. The maximum atomic E-state index is 8.91. The van der Waals surface area contributed by atoms with E-state index in [9.17, 15) is 0 Å². The number of pyridine rings is 1. The van der Waals surface area contributed by atoms with Gasteiger partial charge in [-0.15, -0.1) is 0 Å². The predicted molar refractivity (Wildman–Crippen MR) is 67.3 cm³/mol. The van der Waals surface area contributed by atoms with Crippen molar-refractivity contribution in [2.24, 2.45) is 0 Å². The number of anilines is 2. The Kier molecular flexibility index (Phi) is 5.51. The maximum Gasteiger partial charge on any atom is 0.140 e. The van der Waals surface area contributed by atoms with E-state index < -0.39 is 0 Å². The molecule has 1 atom stereocenters. The van der Waals surface area contributed by atoms with Crippen LogP contribution in [0.2, 0.25) is 0 Å². The van der Waals surface area contributed by atoms with Crippen molar-refractivity contribution in [3.63, 3.8) is 0 Å². The van der Waals surface area contributed by atoms with Crippen LogP contribution >= 0.6 is 15.9 Å². The highest BCUT2D eigenvalue weighted by Crippen LogP contribution is 2.22. The minimum atomic E-state index is 0.0300. The van der Waals surface area contributed by atoms with Gasteiger partial charge in [0.05, 0.1) is 29.0 Å². The number of nitrogens with two attached hydrogens (primary N) is 1. The number of rotatable bonds is 6. The molecule has 1 unspecified atom stereocenters. The van der Waals surface area contributed by atoms with E-state index in [-0.39, 0.29) is 12.6 Å². The molecule has 0 aromatic carbocycles. The van der Waals surface area contributed by atoms with E-state index in [1.54, 1.807) is 19.4 Å². The van der Waals surface area contributed by atoms with Crippen molar-refractivity contribution >= 4 is 27.4 Å². The van der Waals surface area contributed by atoms with E-state index in [1.165, 1.54) is 0 Å². The van der Waals surface area contributed by atoms with Gasteiger partial charge in [-0.25, -0.2) is 4.98 Å². The highest BCUT2D eigenvalue weighted by Gasteiger charge is 2.10. The summed E-state index contributed by atoms with van der Waals surface area (Å²) in [6.45, 7) is 0.618. The summed E-state index contributed by atoms with van der Waals surface area (Å²) in [7, 11) is 1.62. The highest BCUT2D eigenvalue weighted by molar-refractivity contribution is 9.10. The molecular formula is C10H16BrN3O2. The Bertz CT molecular complexity index is 330. The SMILES string of the molecule is COCC(CCO)Nc1ncc(N)cc1Br. The number of methoxy groups -OCH3 is 1. The first-order valence-electron chi connectivity index (χ1n) is 4.94. The number of hydrogen-bond acceptors (Lipinski definition) is 5. The highest BCUT2D eigenvalue weighted by atomic mass is 79.9. The second-order valence-electron chi connectivity index (χ2n) is 3.41. The molecule has 0 aliphatic rings. The molecule has 5 nitrogen and oxygen atoms in total. The van der Waals surface area contributed by atoms with Gasteiger partial charge in [-0.2, -0.15) is 0 Å². The van der Waals surface area contributed by atoms with E-state index in [0.717, 1.165) is 4.47 Å². The van der Waals surface area contributed by atoms with E-state index in [1.807, 2.05) is 0 Å². The number of aromatic nitrogens is 1. The average molecular weight is 290 g/mol. The molecule has 0 fully saturated rings. The molecule has 1 aromatic heterocycles. The van der Waals surface area contributed by atoms with Gasteiger partial charge in [-0.3, -0.25) is 0 Å². The van der Waals surface area contributed by atoms with Crippen molar-refractivity contribution < 1.29 is 9.84 Å². The van der Waals surface area contributed by atoms with Crippen LogP contribution in [0, 0.1) is 0 Å². The van der Waals surface area contributed by atoms with Crippen molar-refractivity contribution in [3.05, 3.63) is 16.7 Å². The van der Waals surface area contributed by atoms with Crippen molar-refractivity contribution in [1.29, 1.82) is 0 Å². The zero-order chi connectivity index (χ0) is 12.0. The monoisotopic (exact) mass is 289 g/mol. The van der Waals surface area contributed by atoms with Crippen molar-refractivity contribution in [2.75, 3.05) is 31.4 Å². The summed E-state index contributed by atoms with van der Waals surface area (Å²) in [5.74, 6) is 0.699.